The van der Waals surface area contributed by atoms with Crippen molar-refractivity contribution in [3.05, 3.63) is 47.2 Å². The van der Waals surface area contributed by atoms with Gasteiger partial charge < -0.3 is 10.1 Å². The third-order valence-corrected chi connectivity index (χ3v) is 3.40. The molecule has 6 heteroatoms. The van der Waals surface area contributed by atoms with Crippen LogP contribution in [0.2, 0.25) is 0 Å². The first-order valence-electron chi connectivity index (χ1n) is 8.02. The number of aryl methyl sites for hydroxylation is 2. The molecule has 130 valence electrons. The van der Waals surface area contributed by atoms with Crippen LogP contribution < -0.4 is 10.6 Å². The Morgan fingerprint density at radius 2 is 1.88 bits per heavy atom. The summed E-state index contributed by atoms with van der Waals surface area (Å²) in [4.78, 5) is 12.0. The van der Waals surface area contributed by atoms with Gasteiger partial charge in [0.1, 0.15) is 11.4 Å². The zero-order valence-electron chi connectivity index (χ0n) is 15.0. The number of hydrogen-bond acceptors (Lipinski definition) is 4. The lowest BCUT2D eigenvalue weighted by molar-refractivity contribution is 0.0634. The minimum Gasteiger partial charge on any atom is -0.444 e. The summed E-state index contributed by atoms with van der Waals surface area (Å²) in [5, 5.41) is 10.3. The van der Waals surface area contributed by atoms with Crippen molar-refractivity contribution in [3.63, 3.8) is 0 Å². The van der Waals surface area contributed by atoms with Gasteiger partial charge in [0.2, 0.25) is 0 Å². The van der Waals surface area contributed by atoms with Gasteiger partial charge in [-0.05, 0) is 33.3 Å². The summed E-state index contributed by atoms with van der Waals surface area (Å²) in [5.74, 6) is 0.639. The molecule has 0 spiro atoms. The topological polar surface area (TPSA) is 68.2 Å². The summed E-state index contributed by atoms with van der Waals surface area (Å²) < 4.78 is 6.93. The summed E-state index contributed by atoms with van der Waals surface area (Å²) in [6, 6.07) is 8.39. The third-order valence-electron chi connectivity index (χ3n) is 3.40. The van der Waals surface area contributed by atoms with Crippen LogP contribution in [-0.2, 0) is 24.9 Å². The molecule has 0 bridgehead atoms. The first kappa shape index (κ1) is 18.0. The second-order valence-electron chi connectivity index (χ2n) is 6.86. The van der Waals surface area contributed by atoms with E-state index in [-0.39, 0.29) is 0 Å². The normalized spacial score (nSPS) is 11.4. The van der Waals surface area contributed by atoms with E-state index in [2.05, 4.69) is 46.9 Å². The van der Waals surface area contributed by atoms with Crippen LogP contribution in [0.5, 0.6) is 0 Å². The number of carbonyl (C=O) groups is 1. The van der Waals surface area contributed by atoms with Crippen molar-refractivity contribution in [2.75, 3.05) is 5.32 Å². The molecule has 0 atom stereocenters. The molecule has 2 rings (SSSR count). The maximum atomic E-state index is 12.0. The molecule has 0 aliphatic rings. The van der Waals surface area contributed by atoms with Crippen molar-refractivity contribution in [2.24, 2.45) is 7.05 Å². The summed E-state index contributed by atoms with van der Waals surface area (Å²) >= 11 is 0. The molecule has 0 unspecified atom stereocenters. The van der Waals surface area contributed by atoms with Crippen LogP contribution in [0.1, 0.15) is 37.5 Å². The van der Waals surface area contributed by atoms with Crippen LogP contribution in [0.4, 0.5) is 10.6 Å². The van der Waals surface area contributed by atoms with E-state index >= 15 is 0 Å². The highest BCUT2D eigenvalue weighted by Gasteiger charge is 2.18. The SMILES string of the molecule is Cc1ccc(CNCc2cnn(C)c2NC(=O)OC(C)(C)C)cc1. The zero-order chi connectivity index (χ0) is 17.7. The molecule has 0 aliphatic heterocycles. The number of rotatable bonds is 5. The third kappa shape index (κ3) is 5.38. The lowest BCUT2D eigenvalue weighted by Gasteiger charge is -2.20. The summed E-state index contributed by atoms with van der Waals surface area (Å²) in [6.45, 7) is 8.93. The van der Waals surface area contributed by atoms with Gasteiger partial charge >= 0.3 is 6.09 Å². The second-order valence-corrected chi connectivity index (χ2v) is 6.86. The minimum absolute atomic E-state index is 0.481. The molecular weight excluding hydrogens is 304 g/mol. The fourth-order valence-electron chi connectivity index (χ4n) is 2.22. The molecule has 1 aromatic carbocycles. The molecule has 24 heavy (non-hydrogen) atoms. The number of nitrogens with one attached hydrogen (secondary N) is 2. The first-order chi connectivity index (χ1) is 11.2. The van der Waals surface area contributed by atoms with Crippen molar-refractivity contribution < 1.29 is 9.53 Å². The van der Waals surface area contributed by atoms with Crippen molar-refractivity contribution >= 4 is 11.9 Å². The maximum absolute atomic E-state index is 12.0. The van der Waals surface area contributed by atoms with Crippen LogP contribution >= 0.6 is 0 Å². The van der Waals surface area contributed by atoms with Crippen LogP contribution in [-0.4, -0.2) is 21.5 Å². The van der Waals surface area contributed by atoms with Gasteiger partial charge in [-0.1, -0.05) is 29.8 Å². The average Bonchev–Trinajstić information content (AvgIpc) is 2.80. The number of ether oxygens (including phenoxy) is 1. The molecule has 2 aromatic rings. The predicted octanol–water partition coefficient (Wildman–Crippen LogP) is 3.37. The van der Waals surface area contributed by atoms with Crippen LogP contribution in [0.15, 0.2) is 30.5 Å². The summed E-state index contributed by atoms with van der Waals surface area (Å²) in [6.07, 6.45) is 1.26. The van der Waals surface area contributed by atoms with E-state index in [0.717, 1.165) is 12.1 Å². The predicted molar refractivity (Wildman–Crippen MR) is 94.8 cm³/mol. The van der Waals surface area contributed by atoms with E-state index in [1.54, 1.807) is 17.9 Å². The Morgan fingerprint density at radius 1 is 1.21 bits per heavy atom. The second kappa shape index (κ2) is 7.49. The van der Waals surface area contributed by atoms with E-state index < -0.39 is 11.7 Å². The van der Waals surface area contributed by atoms with Gasteiger partial charge in [0, 0.05) is 25.7 Å². The lowest BCUT2D eigenvalue weighted by atomic mass is 10.1. The van der Waals surface area contributed by atoms with Crippen molar-refractivity contribution in [2.45, 2.75) is 46.4 Å². The summed E-state index contributed by atoms with van der Waals surface area (Å²) in [7, 11) is 1.79. The highest BCUT2D eigenvalue weighted by atomic mass is 16.6. The molecule has 0 fully saturated rings. The quantitative estimate of drug-likeness (QED) is 0.882. The van der Waals surface area contributed by atoms with Crippen molar-refractivity contribution in [1.29, 1.82) is 0 Å². The van der Waals surface area contributed by atoms with E-state index in [0.29, 0.717) is 12.4 Å². The van der Waals surface area contributed by atoms with Gasteiger partial charge in [0.25, 0.3) is 0 Å². The van der Waals surface area contributed by atoms with Gasteiger partial charge in [-0.25, -0.2) is 4.79 Å². The average molecular weight is 330 g/mol. The largest absolute Gasteiger partial charge is 0.444 e. The highest BCUT2D eigenvalue weighted by molar-refractivity contribution is 5.84. The molecule has 6 nitrogen and oxygen atoms in total. The Kier molecular flexibility index (Phi) is 5.62. The van der Waals surface area contributed by atoms with Crippen molar-refractivity contribution in [3.8, 4) is 0 Å². The van der Waals surface area contributed by atoms with Crippen molar-refractivity contribution in [1.82, 2.24) is 15.1 Å². The van der Waals surface area contributed by atoms with Crippen LogP contribution in [0.3, 0.4) is 0 Å². The van der Waals surface area contributed by atoms with E-state index in [1.165, 1.54) is 11.1 Å². The fraction of sp³-hybridized carbons (Fsp3) is 0.444. The number of aromatic nitrogens is 2. The number of anilines is 1. The number of hydrogen-bond donors (Lipinski definition) is 2. The first-order valence-corrected chi connectivity index (χ1v) is 8.02. The number of nitrogens with zero attached hydrogens (tertiary/aromatic N) is 2. The van der Waals surface area contributed by atoms with Gasteiger partial charge in [0.05, 0.1) is 6.20 Å². The van der Waals surface area contributed by atoms with Crippen LogP contribution in [0, 0.1) is 6.92 Å². The van der Waals surface area contributed by atoms with E-state index in [1.807, 2.05) is 20.8 Å². The molecule has 0 saturated heterocycles. The lowest BCUT2D eigenvalue weighted by Crippen LogP contribution is -2.28. The molecule has 1 aromatic heterocycles. The Labute approximate surface area is 143 Å². The zero-order valence-corrected chi connectivity index (χ0v) is 15.0. The van der Waals surface area contributed by atoms with E-state index in [4.69, 9.17) is 4.74 Å². The van der Waals surface area contributed by atoms with E-state index in [9.17, 15) is 4.79 Å². The Bertz CT molecular complexity index is 684. The van der Waals surface area contributed by atoms with Gasteiger partial charge in [-0.3, -0.25) is 10.00 Å². The Hall–Kier alpha value is -2.34. The number of benzene rings is 1. The minimum atomic E-state index is -0.535. The Balaban J connectivity index is 1.94. The monoisotopic (exact) mass is 330 g/mol. The standard InChI is InChI=1S/C18H26N4O2/c1-13-6-8-14(9-7-13)10-19-11-15-12-20-22(5)16(15)21-17(23)24-18(2,3)4/h6-9,12,19H,10-11H2,1-5H3,(H,21,23). The molecule has 1 amide bonds. The molecule has 0 aliphatic carbocycles. The molecule has 0 saturated carbocycles. The molecular formula is C18H26N4O2. The smallest absolute Gasteiger partial charge is 0.413 e. The summed E-state index contributed by atoms with van der Waals surface area (Å²) in [5.41, 5.74) is 2.84. The number of amides is 1. The van der Waals surface area contributed by atoms with Gasteiger partial charge in [-0.2, -0.15) is 5.10 Å². The van der Waals surface area contributed by atoms with Gasteiger partial charge in [0.15, 0.2) is 0 Å². The fourth-order valence-corrected chi connectivity index (χ4v) is 2.22. The molecule has 2 N–H and O–H groups in total. The number of carbonyl (C=O) groups excluding carboxylic acids is 1. The maximum Gasteiger partial charge on any atom is 0.413 e. The molecule has 1 heterocycles. The Morgan fingerprint density at radius 3 is 2.50 bits per heavy atom. The highest BCUT2D eigenvalue weighted by Crippen LogP contribution is 2.16. The van der Waals surface area contributed by atoms with Crippen LogP contribution in [0.25, 0.3) is 0 Å². The van der Waals surface area contributed by atoms with Gasteiger partial charge in [-0.15, -0.1) is 0 Å². The molecule has 0 radical (unpaired) electrons.